The number of carbonyl (C=O) groups is 4. The van der Waals surface area contributed by atoms with Gasteiger partial charge in [-0.3, -0.25) is 29.0 Å². The van der Waals surface area contributed by atoms with Gasteiger partial charge in [0.25, 0.3) is 11.8 Å². The zero-order chi connectivity index (χ0) is 20.1. The lowest BCUT2D eigenvalue weighted by Gasteiger charge is -2.29. The highest BCUT2D eigenvalue weighted by atomic mass is 16.2. The molecule has 3 atom stereocenters. The second-order valence-electron chi connectivity index (χ2n) is 7.57. The molecule has 3 aliphatic rings. The van der Waals surface area contributed by atoms with Crippen molar-refractivity contribution >= 4 is 29.3 Å². The number of para-hydroxylation sites is 1. The number of allylic oxidation sites excluding steroid dienone is 1. The minimum atomic E-state index is -0.572. The molecule has 29 heavy (non-hydrogen) atoms. The highest BCUT2D eigenvalue weighted by Gasteiger charge is 2.52. The summed E-state index contributed by atoms with van der Waals surface area (Å²) in [5.74, 6) is -2.61. The van der Waals surface area contributed by atoms with Crippen LogP contribution < -0.4 is 4.90 Å². The molecule has 5 rings (SSSR count). The summed E-state index contributed by atoms with van der Waals surface area (Å²) in [5, 5.41) is 0. The zero-order valence-corrected chi connectivity index (χ0v) is 15.5. The average Bonchev–Trinajstić information content (AvgIpc) is 3.15. The fraction of sp³-hybridized carbons (Fsp3) is 0.217. The van der Waals surface area contributed by atoms with Crippen molar-refractivity contribution < 1.29 is 19.2 Å². The fourth-order valence-electron chi connectivity index (χ4n) is 4.62. The lowest BCUT2D eigenvalue weighted by atomic mass is 9.77. The van der Waals surface area contributed by atoms with Crippen molar-refractivity contribution in [1.29, 1.82) is 0 Å². The molecule has 2 aromatic rings. The van der Waals surface area contributed by atoms with Crippen molar-refractivity contribution in [3.05, 3.63) is 77.9 Å². The molecule has 6 heteroatoms. The Kier molecular flexibility index (Phi) is 3.94. The number of fused-ring (bicyclic) bond motifs is 2. The third kappa shape index (κ3) is 2.56. The van der Waals surface area contributed by atoms with E-state index in [0.717, 1.165) is 0 Å². The standard InChI is InChI=1S/C23H18N2O4/c26-20-16-10-4-5-11-17(16)21(27)24(20)13-14-7-6-12-18-19(14)23(29)25(22(18)28)15-8-2-1-3-9-15/h1-11,14,18-19H,12-13H2/t14-,18-,19+/m1/s1. The molecule has 6 nitrogen and oxygen atoms in total. The molecule has 144 valence electrons. The molecule has 0 radical (unpaired) electrons. The summed E-state index contributed by atoms with van der Waals surface area (Å²) < 4.78 is 0. The van der Waals surface area contributed by atoms with Crippen molar-refractivity contribution in [2.45, 2.75) is 6.42 Å². The van der Waals surface area contributed by atoms with Gasteiger partial charge in [0.2, 0.25) is 11.8 Å². The Morgan fingerprint density at radius 2 is 1.41 bits per heavy atom. The monoisotopic (exact) mass is 386 g/mol. The van der Waals surface area contributed by atoms with Crippen molar-refractivity contribution in [2.75, 3.05) is 11.4 Å². The summed E-state index contributed by atoms with van der Waals surface area (Å²) in [5.41, 5.74) is 1.32. The quantitative estimate of drug-likeness (QED) is 0.600. The average molecular weight is 386 g/mol. The number of carbonyl (C=O) groups excluding carboxylic acids is 4. The molecule has 0 unspecified atom stereocenters. The van der Waals surface area contributed by atoms with Gasteiger partial charge in [-0.05, 0) is 30.7 Å². The van der Waals surface area contributed by atoms with Crippen LogP contribution in [0.5, 0.6) is 0 Å². The van der Waals surface area contributed by atoms with Gasteiger partial charge < -0.3 is 0 Å². The van der Waals surface area contributed by atoms with Crippen molar-refractivity contribution in [3.8, 4) is 0 Å². The Morgan fingerprint density at radius 3 is 2.07 bits per heavy atom. The van der Waals surface area contributed by atoms with Gasteiger partial charge in [-0.1, -0.05) is 42.5 Å². The largest absolute Gasteiger partial charge is 0.274 e. The summed E-state index contributed by atoms with van der Waals surface area (Å²) in [6.45, 7) is 0.0890. The lowest BCUT2D eigenvalue weighted by Crippen LogP contribution is -2.40. The molecule has 0 bridgehead atoms. The van der Waals surface area contributed by atoms with E-state index in [9.17, 15) is 19.2 Å². The number of amides is 4. The summed E-state index contributed by atoms with van der Waals surface area (Å²) in [6.07, 6.45) is 4.23. The van der Waals surface area contributed by atoms with E-state index in [1.165, 1.54) is 9.80 Å². The third-order valence-electron chi connectivity index (χ3n) is 6.00. The molecular weight excluding hydrogens is 368 g/mol. The topological polar surface area (TPSA) is 74.8 Å². The van der Waals surface area contributed by atoms with E-state index in [2.05, 4.69) is 0 Å². The number of nitrogens with zero attached hydrogens (tertiary/aromatic N) is 2. The predicted octanol–water partition coefficient (Wildman–Crippen LogP) is 2.66. The van der Waals surface area contributed by atoms with E-state index >= 15 is 0 Å². The molecular formula is C23H18N2O4. The van der Waals surface area contributed by atoms with Gasteiger partial charge in [0.15, 0.2) is 0 Å². The van der Waals surface area contributed by atoms with Gasteiger partial charge in [-0.15, -0.1) is 0 Å². The van der Waals surface area contributed by atoms with E-state index in [-0.39, 0.29) is 36.1 Å². The van der Waals surface area contributed by atoms with Crippen LogP contribution in [-0.4, -0.2) is 35.1 Å². The number of imide groups is 2. The molecule has 0 spiro atoms. The highest BCUT2D eigenvalue weighted by Crippen LogP contribution is 2.41. The van der Waals surface area contributed by atoms with Gasteiger partial charge >= 0.3 is 0 Å². The van der Waals surface area contributed by atoms with Crippen molar-refractivity contribution in [2.24, 2.45) is 17.8 Å². The Labute approximate surface area is 167 Å². The number of anilines is 1. The first-order valence-electron chi connectivity index (χ1n) is 9.62. The molecule has 1 aliphatic carbocycles. The number of hydrogen-bond acceptors (Lipinski definition) is 4. The second kappa shape index (κ2) is 6.51. The van der Waals surface area contributed by atoms with Crippen LogP contribution in [0, 0.1) is 17.8 Å². The summed E-state index contributed by atoms with van der Waals surface area (Å²) in [7, 11) is 0. The van der Waals surface area contributed by atoms with Crippen LogP contribution in [0.1, 0.15) is 27.1 Å². The summed E-state index contributed by atoms with van der Waals surface area (Å²) in [4.78, 5) is 54.1. The number of rotatable bonds is 3. The summed E-state index contributed by atoms with van der Waals surface area (Å²) in [6, 6.07) is 15.6. The van der Waals surface area contributed by atoms with Crippen LogP contribution in [0.2, 0.25) is 0 Å². The van der Waals surface area contributed by atoms with Crippen LogP contribution in [-0.2, 0) is 9.59 Å². The molecule has 1 saturated heterocycles. The van der Waals surface area contributed by atoms with Crippen LogP contribution in [0.4, 0.5) is 5.69 Å². The molecule has 2 aromatic carbocycles. The Morgan fingerprint density at radius 1 is 0.793 bits per heavy atom. The normalized spacial score (nSPS) is 25.6. The molecule has 0 N–H and O–H groups in total. The van der Waals surface area contributed by atoms with E-state index < -0.39 is 11.8 Å². The van der Waals surface area contributed by atoms with E-state index in [0.29, 0.717) is 23.2 Å². The predicted molar refractivity (Wildman–Crippen MR) is 105 cm³/mol. The summed E-state index contributed by atoms with van der Waals surface area (Å²) >= 11 is 0. The Balaban J connectivity index is 1.44. The zero-order valence-electron chi connectivity index (χ0n) is 15.5. The van der Waals surface area contributed by atoms with Crippen molar-refractivity contribution in [3.63, 3.8) is 0 Å². The van der Waals surface area contributed by atoms with Crippen LogP contribution in [0.25, 0.3) is 0 Å². The first kappa shape index (κ1) is 17.6. The Bertz CT molecular complexity index is 1040. The van der Waals surface area contributed by atoms with Crippen LogP contribution >= 0.6 is 0 Å². The Hall–Kier alpha value is -3.54. The van der Waals surface area contributed by atoms with Crippen molar-refractivity contribution in [1.82, 2.24) is 4.90 Å². The second-order valence-corrected chi connectivity index (χ2v) is 7.57. The highest BCUT2D eigenvalue weighted by molar-refractivity contribution is 6.23. The van der Waals surface area contributed by atoms with Crippen LogP contribution in [0.3, 0.4) is 0 Å². The van der Waals surface area contributed by atoms with E-state index in [1.54, 1.807) is 48.5 Å². The number of hydrogen-bond donors (Lipinski definition) is 0. The fourth-order valence-corrected chi connectivity index (χ4v) is 4.62. The van der Waals surface area contributed by atoms with Gasteiger partial charge in [0.05, 0.1) is 28.7 Å². The minimum Gasteiger partial charge on any atom is -0.274 e. The molecule has 4 amide bonds. The SMILES string of the molecule is O=C1c2ccccc2C(=O)N1C[C@H]1C=CC[C@H]2C(=O)N(c3ccccc3)C(=O)[C@@H]12. The minimum absolute atomic E-state index is 0.0890. The maximum atomic E-state index is 13.2. The molecule has 2 aliphatic heterocycles. The molecule has 1 fully saturated rings. The first-order chi connectivity index (χ1) is 14.1. The maximum absolute atomic E-state index is 13.2. The maximum Gasteiger partial charge on any atom is 0.261 e. The molecule has 0 saturated carbocycles. The van der Waals surface area contributed by atoms with Gasteiger partial charge in [-0.25, -0.2) is 0 Å². The lowest BCUT2D eigenvalue weighted by molar-refractivity contribution is -0.122. The smallest absolute Gasteiger partial charge is 0.261 e. The number of benzene rings is 2. The van der Waals surface area contributed by atoms with Gasteiger partial charge in [0, 0.05) is 12.5 Å². The van der Waals surface area contributed by atoms with Gasteiger partial charge in [0.1, 0.15) is 0 Å². The molecule has 0 aromatic heterocycles. The molecule has 2 heterocycles. The van der Waals surface area contributed by atoms with Crippen LogP contribution in [0.15, 0.2) is 66.7 Å². The van der Waals surface area contributed by atoms with E-state index in [1.807, 2.05) is 18.2 Å². The third-order valence-corrected chi connectivity index (χ3v) is 6.00. The first-order valence-corrected chi connectivity index (χ1v) is 9.62. The van der Waals surface area contributed by atoms with E-state index in [4.69, 9.17) is 0 Å². The van der Waals surface area contributed by atoms with Gasteiger partial charge in [-0.2, -0.15) is 0 Å².